The molecule has 1 heterocycles. The summed E-state index contributed by atoms with van der Waals surface area (Å²) in [6.07, 6.45) is 7.23. The van der Waals surface area contributed by atoms with Crippen LogP contribution < -0.4 is 5.56 Å². The molecular formula is C19H25N3O2. The highest BCUT2D eigenvalue weighted by molar-refractivity contribution is 5.79. The molecule has 128 valence electrons. The summed E-state index contributed by atoms with van der Waals surface area (Å²) in [4.78, 5) is 31.7. The lowest BCUT2D eigenvalue weighted by atomic mass is 9.93. The molecule has 0 aliphatic heterocycles. The molecule has 0 N–H and O–H groups in total. The second-order valence-electron chi connectivity index (χ2n) is 6.88. The molecule has 2 aromatic rings. The zero-order valence-electron chi connectivity index (χ0n) is 14.4. The number of carbonyl (C=O) groups is 1. The number of nitrogens with zero attached hydrogens (tertiary/aromatic N) is 3. The topological polar surface area (TPSA) is 55.2 Å². The Morgan fingerprint density at radius 3 is 2.67 bits per heavy atom. The third-order valence-electron chi connectivity index (χ3n) is 4.85. The lowest BCUT2D eigenvalue weighted by Crippen LogP contribution is -2.47. The normalized spacial score (nSPS) is 15.8. The fourth-order valence-electron chi connectivity index (χ4n) is 3.72. The Balaban J connectivity index is 1.84. The smallest absolute Gasteiger partial charge is 0.261 e. The van der Waals surface area contributed by atoms with E-state index in [1.54, 1.807) is 6.07 Å². The molecule has 1 aromatic carbocycles. The highest BCUT2D eigenvalue weighted by Gasteiger charge is 2.27. The summed E-state index contributed by atoms with van der Waals surface area (Å²) in [5, 5.41) is 0.557. The molecule has 0 saturated heterocycles. The molecule has 5 nitrogen and oxygen atoms in total. The number of hydrogen-bond acceptors (Lipinski definition) is 3. The van der Waals surface area contributed by atoms with Gasteiger partial charge in [0, 0.05) is 12.1 Å². The summed E-state index contributed by atoms with van der Waals surface area (Å²) in [5.41, 5.74) is 0.514. The van der Waals surface area contributed by atoms with Crippen LogP contribution in [-0.4, -0.2) is 32.4 Å². The second kappa shape index (κ2) is 7.16. The SMILES string of the molecule is CC(C)N(C(=O)Cn1cnc2ccccc2c1=O)C1CCCCC1. The van der Waals surface area contributed by atoms with E-state index in [1.165, 1.54) is 30.2 Å². The fourth-order valence-corrected chi connectivity index (χ4v) is 3.72. The van der Waals surface area contributed by atoms with E-state index in [0.29, 0.717) is 16.9 Å². The summed E-state index contributed by atoms with van der Waals surface area (Å²) >= 11 is 0. The van der Waals surface area contributed by atoms with Gasteiger partial charge in [0.25, 0.3) is 5.56 Å². The van der Waals surface area contributed by atoms with E-state index < -0.39 is 0 Å². The van der Waals surface area contributed by atoms with Crippen molar-refractivity contribution in [1.29, 1.82) is 0 Å². The van der Waals surface area contributed by atoms with Crippen molar-refractivity contribution in [2.24, 2.45) is 0 Å². The molecule has 0 spiro atoms. The number of benzene rings is 1. The van der Waals surface area contributed by atoms with Gasteiger partial charge in [0.2, 0.25) is 5.91 Å². The third kappa shape index (κ3) is 3.35. The highest BCUT2D eigenvalue weighted by Crippen LogP contribution is 2.24. The molecule has 5 heteroatoms. The molecule has 1 aliphatic carbocycles. The lowest BCUT2D eigenvalue weighted by molar-refractivity contribution is -0.137. The minimum atomic E-state index is -0.152. The summed E-state index contributed by atoms with van der Waals surface area (Å²) in [6, 6.07) is 7.69. The van der Waals surface area contributed by atoms with Gasteiger partial charge in [-0.2, -0.15) is 0 Å². The van der Waals surface area contributed by atoms with E-state index >= 15 is 0 Å². The van der Waals surface area contributed by atoms with Crippen LogP contribution in [0, 0.1) is 0 Å². The maximum absolute atomic E-state index is 12.9. The Bertz CT molecular complexity index is 776. The Kier molecular flexibility index (Phi) is 4.97. The maximum Gasteiger partial charge on any atom is 0.261 e. The number of carbonyl (C=O) groups excluding carboxylic acids is 1. The standard InChI is InChI=1S/C19H25N3O2/c1-14(2)22(15-8-4-3-5-9-15)18(23)12-21-13-20-17-11-7-6-10-16(17)19(21)24/h6-7,10-11,13-15H,3-5,8-9,12H2,1-2H3. The van der Waals surface area contributed by atoms with E-state index in [1.807, 2.05) is 36.9 Å². The third-order valence-corrected chi connectivity index (χ3v) is 4.85. The van der Waals surface area contributed by atoms with Crippen molar-refractivity contribution in [2.75, 3.05) is 0 Å². The number of aromatic nitrogens is 2. The van der Waals surface area contributed by atoms with Crippen LogP contribution in [0.25, 0.3) is 10.9 Å². The predicted molar refractivity (Wildman–Crippen MR) is 94.9 cm³/mol. The van der Waals surface area contributed by atoms with Crippen LogP contribution in [0.3, 0.4) is 0 Å². The number of hydrogen-bond donors (Lipinski definition) is 0. The van der Waals surface area contributed by atoms with Gasteiger partial charge in [0.05, 0.1) is 17.2 Å². The largest absolute Gasteiger partial charge is 0.336 e. The molecule has 1 aliphatic rings. The van der Waals surface area contributed by atoms with Crippen molar-refractivity contribution in [3.05, 3.63) is 40.9 Å². The second-order valence-corrected chi connectivity index (χ2v) is 6.88. The number of rotatable bonds is 4. The van der Waals surface area contributed by atoms with Crippen LogP contribution in [0.5, 0.6) is 0 Å². The van der Waals surface area contributed by atoms with E-state index in [4.69, 9.17) is 0 Å². The average Bonchev–Trinajstić information content (AvgIpc) is 2.58. The van der Waals surface area contributed by atoms with E-state index in [-0.39, 0.29) is 24.1 Å². The first-order valence-electron chi connectivity index (χ1n) is 8.83. The number of fused-ring (bicyclic) bond motifs is 1. The molecule has 0 bridgehead atoms. The summed E-state index contributed by atoms with van der Waals surface area (Å²) in [7, 11) is 0. The average molecular weight is 327 g/mol. The van der Waals surface area contributed by atoms with Gasteiger partial charge < -0.3 is 4.90 Å². The van der Waals surface area contributed by atoms with Crippen LogP contribution in [0.2, 0.25) is 0 Å². The lowest BCUT2D eigenvalue weighted by Gasteiger charge is -2.37. The van der Waals surface area contributed by atoms with Crippen molar-refractivity contribution in [3.63, 3.8) is 0 Å². The van der Waals surface area contributed by atoms with E-state index in [0.717, 1.165) is 12.8 Å². The molecule has 24 heavy (non-hydrogen) atoms. The van der Waals surface area contributed by atoms with Crippen LogP contribution in [0.15, 0.2) is 35.4 Å². The molecular weight excluding hydrogens is 302 g/mol. The Hall–Kier alpha value is -2.17. The molecule has 0 radical (unpaired) electrons. The summed E-state index contributed by atoms with van der Waals surface area (Å²) < 4.78 is 1.43. The molecule has 1 saturated carbocycles. The Morgan fingerprint density at radius 1 is 1.25 bits per heavy atom. The first kappa shape index (κ1) is 16.7. The van der Waals surface area contributed by atoms with Gasteiger partial charge in [0.1, 0.15) is 6.54 Å². The zero-order chi connectivity index (χ0) is 17.1. The van der Waals surface area contributed by atoms with Gasteiger partial charge in [-0.1, -0.05) is 31.4 Å². The quantitative estimate of drug-likeness (QED) is 0.867. The highest BCUT2D eigenvalue weighted by atomic mass is 16.2. The molecule has 1 aromatic heterocycles. The van der Waals surface area contributed by atoms with Crippen LogP contribution in [0.1, 0.15) is 46.0 Å². The monoisotopic (exact) mass is 327 g/mol. The van der Waals surface area contributed by atoms with Crippen LogP contribution in [-0.2, 0) is 11.3 Å². The van der Waals surface area contributed by atoms with Gasteiger partial charge in [-0.15, -0.1) is 0 Å². The molecule has 3 rings (SSSR count). The van der Waals surface area contributed by atoms with Crippen molar-refractivity contribution in [1.82, 2.24) is 14.5 Å². The molecule has 0 atom stereocenters. The Labute approximate surface area is 142 Å². The summed E-state index contributed by atoms with van der Waals surface area (Å²) in [6.45, 7) is 4.16. The van der Waals surface area contributed by atoms with Gasteiger partial charge in [0.15, 0.2) is 0 Å². The van der Waals surface area contributed by atoms with Gasteiger partial charge in [-0.25, -0.2) is 4.98 Å². The van der Waals surface area contributed by atoms with Gasteiger partial charge in [-0.3, -0.25) is 14.2 Å². The molecule has 1 fully saturated rings. The molecule has 1 amide bonds. The Morgan fingerprint density at radius 2 is 1.96 bits per heavy atom. The van der Waals surface area contributed by atoms with Crippen LogP contribution >= 0.6 is 0 Å². The maximum atomic E-state index is 12.9. The number of para-hydroxylation sites is 1. The van der Waals surface area contributed by atoms with Gasteiger partial charge in [-0.05, 0) is 38.8 Å². The predicted octanol–water partition coefficient (Wildman–Crippen LogP) is 2.97. The fraction of sp³-hybridized carbons (Fsp3) is 0.526. The van der Waals surface area contributed by atoms with E-state index in [2.05, 4.69) is 4.98 Å². The van der Waals surface area contributed by atoms with E-state index in [9.17, 15) is 9.59 Å². The summed E-state index contributed by atoms with van der Waals surface area (Å²) in [5.74, 6) is 0.0103. The minimum Gasteiger partial charge on any atom is -0.336 e. The van der Waals surface area contributed by atoms with Crippen molar-refractivity contribution < 1.29 is 4.79 Å². The number of amides is 1. The van der Waals surface area contributed by atoms with Crippen molar-refractivity contribution in [3.8, 4) is 0 Å². The van der Waals surface area contributed by atoms with Gasteiger partial charge >= 0.3 is 0 Å². The van der Waals surface area contributed by atoms with Crippen molar-refractivity contribution in [2.45, 2.75) is 64.6 Å². The first-order valence-corrected chi connectivity index (χ1v) is 8.83. The molecule has 0 unspecified atom stereocenters. The van der Waals surface area contributed by atoms with Crippen molar-refractivity contribution >= 4 is 16.8 Å². The first-order chi connectivity index (χ1) is 11.6. The minimum absolute atomic E-state index is 0.0103. The van der Waals surface area contributed by atoms with Crippen LogP contribution in [0.4, 0.5) is 0 Å². The zero-order valence-corrected chi connectivity index (χ0v) is 14.4.